The Hall–Kier alpha value is -0.700. The second-order valence-electron chi connectivity index (χ2n) is 4.36. The molecule has 0 aliphatic heterocycles. The van der Waals surface area contributed by atoms with E-state index in [1.54, 1.807) is 0 Å². The van der Waals surface area contributed by atoms with Crippen LogP contribution in [0.4, 0.5) is 43.9 Å². The van der Waals surface area contributed by atoms with Crippen LogP contribution in [0.25, 0.3) is 0 Å². The van der Waals surface area contributed by atoms with Crippen LogP contribution in [0, 0.1) is 0 Å². The Morgan fingerprint density at radius 1 is 0.294 bits per heavy atom. The summed E-state index contributed by atoms with van der Waals surface area (Å²) in [5.74, 6) is -17.9. The van der Waals surface area contributed by atoms with Gasteiger partial charge in [0.15, 0.2) is 0 Å². The third kappa shape index (κ3) is 0.420. The average Bonchev–Trinajstić information content (AvgIpc) is 2.37. The van der Waals surface area contributed by atoms with Crippen molar-refractivity contribution in [3.8, 4) is 0 Å². The molecule has 5 aliphatic rings. The van der Waals surface area contributed by atoms with E-state index in [0.29, 0.717) is 0 Å². The second-order valence-corrected chi connectivity index (χ2v) is 4.36. The smallest absolute Gasteiger partial charge is 0.229 e. The van der Waals surface area contributed by atoms with Crippen LogP contribution in [0.2, 0.25) is 0 Å². The van der Waals surface area contributed by atoms with Gasteiger partial charge in [0.25, 0.3) is 22.7 Å². The van der Waals surface area contributed by atoms with Crippen LogP contribution < -0.4 is 0 Å². The lowest BCUT2D eigenvalue weighted by Gasteiger charge is -2.65. The van der Waals surface area contributed by atoms with Gasteiger partial charge in [-0.25, -0.2) is 17.6 Å². The number of rotatable bonds is 0. The van der Waals surface area contributed by atoms with Crippen molar-refractivity contribution in [2.45, 2.75) is 40.4 Å². The van der Waals surface area contributed by atoms with E-state index in [0.717, 1.165) is 0 Å². The molecule has 0 radical (unpaired) electrons. The van der Waals surface area contributed by atoms with Crippen LogP contribution in [-0.2, 0) is 0 Å². The third-order valence-corrected chi connectivity index (χ3v) is 4.02. The molecule has 5 fully saturated rings. The Kier molecular flexibility index (Phi) is 1.23. The molecule has 4 atom stereocenters. The molecule has 0 heterocycles. The van der Waals surface area contributed by atoms with E-state index in [9.17, 15) is 43.9 Å². The quantitative estimate of drug-likeness (QED) is 0.596. The molecule has 0 nitrogen and oxygen atoms in total. The first-order valence-corrected chi connectivity index (χ1v) is 4.14. The summed E-state index contributed by atoms with van der Waals surface area (Å²) in [5, 5.41) is 0. The van der Waals surface area contributed by atoms with E-state index < -0.39 is 40.4 Å². The van der Waals surface area contributed by atoms with Crippen molar-refractivity contribution in [1.82, 2.24) is 0 Å². The molecule has 0 aromatic heterocycles. The monoisotopic (exact) mass is 274 g/mol. The zero-order valence-corrected chi connectivity index (χ0v) is 7.28. The molecule has 4 bridgehead atoms. The second kappa shape index (κ2) is 1.83. The first-order chi connectivity index (χ1) is 7.25. The van der Waals surface area contributed by atoms with E-state index in [1.165, 1.54) is 0 Å². The molecule has 5 aliphatic carbocycles. The summed E-state index contributed by atoms with van der Waals surface area (Å²) < 4.78 is 129. The van der Waals surface area contributed by atoms with E-state index >= 15 is 0 Å². The molecule has 0 aromatic rings. The highest BCUT2D eigenvalue weighted by Crippen LogP contribution is 2.97. The standard InChI is InChI=1S/C7F10/c8-1-2(9)4(11,5(1,12)13)7(16,17)3(1,10)6(2,14)15/t1-,2-,3-,4+/m0/s1. The van der Waals surface area contributed by atoms with Crippen LogP contribution in [-0.4, -0.2) is 40.4 Å². The zero-order chi connectivity index (χ0) is 13.5. The van der Waals surface area contributed by atoms with E-state index in [-0.39, 0.29) is 0 Å². The third-order valence-electron chi connectivity index (χ3n) is 4.02. The maximum Gasteiger partial charge on any atom is 0.334 e. The molecule has 0 aromatic carbocycles. The van der Waals surface area contributed by atoms with Gasteiger partial charge in [0.2, 0.25) is 0 Å². The molecule has 0 spiro atoms. The fourth-order valence-corrected chi connectivity index (χ4v) is 3.19. The van der Waals surface area contributed by atoms with Gasteiger partial charge in [0.05, 0.1) is 0 Å². The molecule has 5 rings (SSSR count). The molecule has 0 amide bonds. The van der Waals surface area contributed by atoms with Gasteiger partial charge in [-0.1, -0.05) is 0 Å². The Labute approximate surface area is 85.6 Å². The lowest BCUT2D eigenvalue weighted by Crippen LogP contribution is -2.99. The minimum absolute atomic E-state index is 5.55. The van der Waals surface area contributed by atoms with Gasteiger partial charge in [0.1, 0.15) is 0 Å². The molecule has 0 unspecified atom stereocenters. The number of hydrogen-bond acceptors (Lipinski definition) is 0. The predicted molar refractivity (Wildman–Crippen MR) is 30.2 cm³/mol. The lowest BCUT2D eigenvalue weighted by atomic mass is 9.47. The van der Waals surface area contributed by atoms with E-state index in [1.807, 2.05) is 0 Å². The van der Waals surface area contributed by atoms with Crippen LogP contribution in [0.15, 0.2) is 0 Å². The lowest BCUT2D eigenvalue weighted by molar-refractivity contribution is -0.489. The van der Waals surface area contributed by atoms with Crippen LogP contribution in [0.5, 0.6) is 0 Å². The van der Waals surface area contributed by atoms with Crippen molar-refractivity contribution in [2.24, 2.45) is 0 Å². The predicted octanol–water partition coefficient (Wildman–Crippen LogP) is 2.77. The largest absolute Gasteiger partial charge is 0.334 e. The minimum Gasteiger partial charge on any atom is -0.229 e. The van der Waals surface area contributed by atoms with Gasteiger partial charge < -0.3 is 0 Å². The van der Waals surface area contributed by atoms with Gasteiger partial charge in [-0.15, -0.1) is 0 Å². The van der Waals surface area contributed by atoms with Gasteiger partial charge in [-0.05, 0) is 0 Å². The Balaban J connectivity index is 2.42. The SMILES string of the molecule is FC1(F)[C@@]2(F)C(F)(F)[C@@]3(F)[C@@]1(F)C(F)(F)[C@@]23F. The fraction of sp³-hybridized carbons (Fsp3) is 1.00. The van der Waals surface area contributed by atoms with Crippen molar-refractivity contribution in [2.75, 3.05) is 0 Å². The molecule has 10 heteroatoms. The highest BCUT2D eigenvalue weighted by atomic mass is 19.3. The molecular formula is C7F10. The van der Waals surface area contributed by atoms with Crippen molar-refractivity contribution < 1.29 is 43.9 Å². The summed E-state index contributed by atoms with van der Waals surface area (Å²) >= 11 is 0. The van der Waals surface area contributed by atoms with Crippen molar-refractivity contribution >= 4 is 0 Å². The van der Waals surface area contributed by atoms with Crippen molar-refractivity contribution in [3.63, 3.8) is 0 Å². The normalized spacial score (nSPS) is 63.9. The Morgan fingerprint density at radius 2 is 0.471 bits per heavy atom. The average molecular weight is 274 g/mol. The maximum absolute atomic E-state index is 13.2. The van der Waals surface area contributed by atoms with Crippen LogP contribution >= 0.6 is 0 Å². The Morgan fingerprint density at radius 3 is 0.588 bits per heavy atom. The highest BCUT2D eigenvalue weighted by molar-refractivity contribution is 5.67. The number of alkyl halides is 10. The fourth-order valence-electron chi connectivity index (χ4n) is 3.19. The topological polar surface area (TPSA) is 0 Å². The van der Waals surface area contributed by atoms with Crippen molar-refractivity contribution in [1.29, 1.82) is 0 Å². The highest BCUT2D eigenvalue weighted by Gasteiger charge is 3.32. The first kappa shape index (κ1) is 11.4. The van der Waals surface area contributed by atoms with Gasteiger partial charge in [-0.3, -0.25) is 0 Å². The van der Waals surface area contributed by atoms with Gasteiger partial charge >= 0.3 is 17.8 Å². The number of hydrogen-bond donors (Lipinski definition) is 0. The molecular weight excluding hydrogens is 274 g/mol. The van der Waals surface area contributed by atoms with Gasteiger partial charge in [0, 0.05) is 0 Å². The molecule has 0 N–H and O–H groups in total. The van der Waals surface area contributed by atoms with E-state index in [4.69, 9.17) is 0 Å². The summed E-state index contributed by atoms with van der Waals surface area (Å²) in [7, 11) is 0. The Bertz CT molecular complexity index is 418. The van der Waals surface area contributed by atoms with Crippen molar-refractivity contribution in [3.05, 3.63) is 0 Å². The number of halogens is 10. The molecule has 98 valence electrons. The summed E-state index contributed by atoms with van der Waals surface area (Å²) in [5.41, 5.74) is -22.8. The molecule has 5 saturated carbocycles. The first-order valence-electron chi connectivity index (χ1n) is 4.14. The summed E-state index contributed by atoms with van der Waals surface area (Å²) in [6, 6.07) is 0. The maximum atomic E-state index is 13.2. The summed E-state index contributed by atoms with van der Waals surface area (Å²) in [6.45, 7) is 0. The van der Waals surface area contributed by atoms with Crippen LogP contribution in [0.1, 0.15) is 0 Å². The minimum atomic E-state index is -6.16. The van der Waals surface area contributed by atoms with E-state index in [2.05, 4.69) is 0 Å². The van der Waals surface area contributed by atoms with Crippen LogP contribution in [0.3, 0.4) is 0 Å². The molecule has 0 saturated heterocycles. The summed E-state index contributed by atoms with van der Waals surface area (Å²) in [6.07, 6.45) is 0. The van der Waals surface area contributed by atoms with Gasteiger partial charge in [-0.2, -0.15) is 26.3 Å². The zero-order valence-electron chi connectivity index (χ0n) is 7.28. The molecule has 17 heavy (non-hydrogen) atoms. The summed E-state index contributed by atoms with van der Waals surface area (Å²) in [4.78, 5) is 0.